The van der Waals surface area contributed by atoms with E-state index in [1.54, 1.807) is 48.7 Å². The molecule has 0 aliphatic carbocycles. The molecule has 0 atom stereocenters. The van der Waals surface area contributed by atoms with Gasteiger partial charge in [0.2, 0.25) is 0 Å². The minimum Gasteiger partial charge on any atom is -0.477 e. The summed E-state index contributed by atoms with van der Waals surface area (Å²) in [6.07, 6.45) is 6.14. The SMILES string of the molecule is COC(=O)c1cccc(CCl)n1.COC(=O)c1cccc(CN2CCN(Cc3cccc(C(=O)O)n3)CCN(Cc3cccc(C)n3)Cc3cccc(n3)C2)n1.O=C(O)c1cccc(CN2CCN(Cc3ccccn3)Cc3cccc(n3)CN(Cc3cccc(C(=O)O)n3)CC2)n1.O=C=O.O=C=O.[Mo].c1cc2nc(c1)CNCCCCCNC2. The van der Waals surface area contributed by atoms with Gasteiger partial charge in [-0.2, -0.15) is 19.2 Å². The molecule has 3 aliphatic rings. The smallest absolute Gasteiger partial charge is 0.373 e. The third-order valence-electron chi connectivity index (χ3n) is 18.5. The van der Waals surface area contributed by atoms with Gasteiger partial charge in [-0.15, -0.1) is 11.6 Å². The number of pyridine rings is 10. The van der Waals surface area contributed by atoms with Gasteiger partial charge in [-0.3, -0.25) is 54.3 Å². The van der Waals surface area contributed by atoms with Crippen molar-refractivity contribution in [3.8, 4) is 0 Å². The number of halogens is 1. The van der Waals surface area contributed by atoms with Crippen molar-refractivity contribution < 1.29 is 89.0 Å². The van der Waals surface area contributed by atoms with Crippen molar-refractivity contribution in [1.29, 1.82) is 0 Å². The van der Waals surface area contributed by atoms with Crippen LogP contribution in [0.2, 0.25) is 0 Å². The average molecular weight is 1740 g/mol. The third-order valence-corrected chi connectivity index (χ3v) is 18.8. The van der Waals surface area contributed by atoms with Crippen LogP contribution in [0.3, 0.4) is 0 Å². The maximum Gasteiger partial charge on any atom is 0.373 e. The molecule has 0 fully saturated rings. The Balaban J connectivity index is 0.000000239. The first kappa shape index (κ1) is 95.4. The molecule has 5 N–H and O–H groups in total. The van der Waals surface area contributed by atoms with E-state index in [1.165, 1.54) is 51.7 Å². The van der Waals surface area contributed by atoms with Gasteiger partial charge < -0.3 is 35.4 Å². The summed E-state index contributed by atoms with van der Waals surface area (Å²) >= 11 is 5.53. The first-order valence-corrected chi connectivity index (χ1v) is 39.0. The van der Waals surface area contributed by atoms with Crippen molar-refractivity contribution in [2.75, 3.05) is 79.7 Å². The Morgan fingerprint density at radius 3 is 0.983 bits per heavy atom. The molecule has 34 heteroatoms. The minimum atomic E-state index is -1.06. The number of carboxylic acids is 3. The van der Waals surface area contributed by atoms with Crippen molar-refractivity contribution >= 4 is 53.8 Å². The number of alkyl halides is 1. The molecule has 0 radical (unpaired) electrons. The van der Waals surface area contributed by atoms with E-state index in [2.05, 4.69) is 104 Å². The van der Waals surface area contributed by atoms with Crippen LogP contribution in [0.4, 0.5) is 0 Å². The molecule has 13 heterocycles. The second-order valence-electron chi connectivity index (χ2n) is 27.5. The van der Waals surface area contributed by atoms with Gasteiger partial charge in [0.25, 0.3) is 0 Å². The standard InChI is InChI=1S/C33H37N7O4.C31H33N7O4.C12H19N3.C8H8ClNO2.2CO2.Mo/c1-24-7-3-8-25(34-24)20-39-17-15-38(19-28-11-5-13-30(36-28)32(41)42)16-18-40(22-27-10-4-9-26(21-39)35-27)23-29-12-6-14-31(37-29)33(43)44-2;39-30(40)28-11-4-9-26(34-28)19-36-14-16-37(18-23-6-1-2-13-32-23)20-24-7-3-8-25(33-24)21-38(17-15-36)22-27-10-5-12-29(35-27)31(41)42;1-2-7-13-9-11-5-4-6-12(15-11)10-14-8-3-1;1-12-8(11)7-4-2-3-6(5-9)10-7;2*2-1-3;/h3-14H,15-23H2,1-2H3,(H,41,42);1-13H,14-22H2,(H,39,40)(H,41,42);4-6,13-14H,1-3,7-10H2;2-4H,5H2,1H3;;;. The van der Waals surface area contributed by atoms with Crippen LogP contribution < -0.4 is 10.6 Å². The molecule has 0 spiro atoms. The second kappa shape index (κ2) is 52.9. The summed E-state index contributed by atoms with van der Waals surface area (Å²) in [5.41, 5.74) is 13.2. The second-order valence-corrected chi connectivity index (χ2v) is 27.8. The van der Waals surface area contributed by atoms with Crippen LogP contribution in [0.25, 0.3) is 0 Å². The zero-order valence-electron chi connectivity index (χ0n) is 67.1. The van der Waals surface area contributed by atoms with E-state index in [1.807, 2.05) is 104 Å². The molecule has 628 valence electrons. The number of carbonyl (C=O) groups is 5. The number of carbonyl (C=O) groups excluding carboxylic acids is 6. The molecule has 0 aromatic carbocycles. The number of aromatic nitrogens is 10. The average Bonchev–Trinajstić information content (AvgIpc) is 0.844. The van der Waals surface area contributed by atoms with Gasteiger partial charge in [-0.05, 0) is 154 Å². The largest absolute Gasteiger partial charge is 0.477 e. The van der Waals surface area contributed by atoms with E-state index >= 15 is 0 Å². The van der Waals surface area contributed by atoms with E-state index in [0.29, 0.717) is 127 Å². The Hall–Kier alpha value is -11.7. The quantitative estimate of drug-likeness (QED) is 0.0304. The Labute approximate surface area is 715 Å². The van der Waals surface area contributed by atoms with Crippen LogP contribution in [0.1, 0.15) is 151 Å². The summed E-state index contributed by atoms with van der Waals surface area (Å²) in [5, 5.41) is 35.2. The number of aryl methyl sites for hydroxylation is 1. The number of nitrogens with one attached hydrogen (secondary N) is 2. The van der Waals surface area contributed by atoms with Crippen LogP contribution in [0.15, 0.2) is 188 Å². The van der Waals surface area contributed by atoms with Crippen molar-refractivity contribution in [3.05, 3.63) is 296 Å². The molecule has 10 aromatic rings. The number of hydrogen-bond acceptors (Lipinski definition) is 29. The van der Waals surface area contributed by atoms with Crippen LogP contribution in [0.5, 0.6) is 0 Å². The number of esters is 2. The van der Waals surface area contributed by atoms with Crippen LogP contribution >= 0.6 is 11.6 Å². The van der Waals surface area contributed by atoms with Crippen LogP contribution in [0, 0.1) is 6.92 Å². The predicted octanol–water partition coefficient (Wildman–Crippen LogP) is 8.65. The number of carboxylic acid groups (broad SMARTS) is 3. The fraction of sp³-hybridized carbons (Fsp3) is 0.337. The normalized spacial score (nSPS) is 14.4. The van der Waals surface area contributed by atoms with Gasteiger partial charge in [0.15, 0.2) is 0 Å². The fourth-order valence-electron chi connectivity index (χ4n) is 12.9. The van der Waals surface area contributed by atoms with Crippen molar-refractivity contribution in [1.82, 2.24) is 89.9 Å². The van der Waals surface area contributed by atoms with E-state index in [9.17, 15) is 39.3 Å². The maximum atomic E-state index is 12.1. The van der Waals surface area contributed by atoms with Gasteiger partial charge in [-0.25, -0.2) is 48.9 Å². The molecular formula is C86H97ClMoN18O14. The first-order chi connectivity index (χ1) is 57.8. The number of rotatable bonds is 18. The number of aromatic carboxylic acids is 3. The molecule has 32 nitrogen and oxygen atoms in total. The van der Waals surface area contributed by atoms with E-state index < -0.39 is 29.8 Å². The van der Waals surface area contributed by atoms with Crippen LogP contribution in [-0.2, 0) is 134 Å². The summed E-state index contributed by atoms with van der Waals surface area (Å²) in [4.78, 5) is 149. The monoisotopic (exact) mass is 1740 g/mol. The number of nitrogens with zero attached hydrogens (tertiary/aromatic N) is 16. The number of ether oxygens (including phenoxy) is 2. The van der Waals surface area contributed by atoms with E-state index in [4.69, 9.17) is 50.5 Å². The zero-order chi connectivity index (χ0) is 84.9. The Kier molecular flexibility index (Phi) is 42.1. The van der Waals surface area contributed by atoms with Gasteiger partial charge in [-0.1, -0.05) is 67.1 Å². The summed E-state index contributed by atoms with van der Waals surface area (Å²) in [7, 11) is 2.66. The van der Waals surface area contributed by atoms with Gasteiger partial charge in [0.1, 0.15) is 28.5 Å². The predicted molar refractivity (Wildman–Crippen MR) is 435 cm³/mol. The van der Waals surface area contributed by atoms with Crippen LogP contribution in [-0.4, -0.2) is 216 Å². The van der Waals surface area contributed by atoms with E-state index in [-0.39, 0.29) is 61.8 Å². The molecule has 0 saturated carbocycles. The summed E-state index contributed by atoms with van der Waals surface area (Å²) in [6.45, 7) is 17.4. The van der Waals surface area contributed by atoms with Gasteiger partial charge in [0, 0.05) is 164 Å². The molecule has 0 saturated heterocycles. The molecule has 120 heavy (non-hydrogen) atoms. The molecule has 13 rings (SSSR count). The number of methoxy groups -OCH3 is 2. The van der Waals surface area contributed by atoms with Gasteiger partial charge >= 0.3 is 42.1 Å². The van der Waals surface area contributed by atoms with Gasteiger partial charge in [0.05, 0.1) is 94.1 Å². The first-order valence-electron chi connectivity index (χ1n) is 38.4. The topological polar surface area (TPSA) is 405 Å². The molecule has 0 amide bonds. The Bertz CT molecular complexity index is 4920. The van der Waals surface area contributed by atoms with E-state index in [0.717, 1.165) is 103 Å². The maximum absolute atomic E-state index is 12.1. The molecule has 3 aliphatic heterocycles. The Morgan fingerprint density at radius 2 is 0.642 bits per heavy atom. The zero-order valence-corrected chi connectivity index (χ0v) is 69.8. The number of hydrogen-bond donors (Lipinski definition) is 5. The molecule has 6 bridgehead atoms. The van der Waals surface area contributed by atoms with Crippen molar-refractivity contribution in [3.63, 3.8) is 0 Å². The molecule has 10 aromatic heterocycles. The number of fused-ring (bicyclic) bond motifs is 6. The van der Waals surface area contributed by atoms with Crippen molar-refractivity contribution in [2.24, 2.45) is 0 Å². The fourth-order valence-corrected chi connectivity index (χ4v) is 13.0. The Morgan fingerprint density at radius 1 is 0.358 bits per heavy atom. The van der Waals surface area contributed by atoms with Crippen molar-refractivity contribution in [2.45, 2.75) is 111 Å². The summed E-state index contributed by atoms with van der Waals surface area (Å²) in [5.74, 6) is -3.77. The molecule has 0 unspecified atom stereocenters. The third kappa shape index (κ3) is 34.7. The molecular weight excluding hydrogens is 1640 g/mol. The minimum absolute atomic E-state index is 0. The summed E-state index contributed by atoms with van der Waals surface area (Å²) in [6, 6.07) is 56.1. The summed E-state index contributed by atoms with van der Waals surface area (Å²) < 4.78 is 9.36.